The second kappa shape index (κ2) is 5.13. The lowest BCUT2D eigenvalue weighted by Crippen LogP contribution is -2.49. The predicted molar refractivity (Wildman–Crippen MR) is 57.0 cm³/mol. The van der Waals surface area contributed by atoms with Crippen LogP contribution in [0.3, 0.4) is 0 Å². The lowest BCUT2D eigenvalue weighted by Gasteiger charge is -2.22. The van der Waals surface area contributed by atoms with Gasteiger partial charge in [0.1, 0.15) is 12.1 Å². The number of hydrogen-bond donors (Lipinski definition) is 3. The van der Waals surface area contributed by atoms with Gasteiger partial charge in [0.15, 0.2) is 0 Å². The van der Waals surface area contributed by atoms with Crippen molar-refractivity contribution in [3.8, 4) is 0 Å². The minimum atomic E-state index is -1.15. The van der Waals surface area contributed by atoms with Crippen LogP contribution in [0, 0.1) is 0 Å². The number of aliphatic carboxylic acids is 1. The zero-order chi connectivity index (χ0) is 13.2. The molecule has 3 N–H and O–H groups in total. The average molecular weight is 244 g/mol. The van der Waals surface area contributed by atoms with Crippen LogP contribution in [0.25, 0.3) is 0 Å². The largest absolute Gasteiger partial charge is 0.480 e. The van der Waals surface area contributed by atoms with E-state index in [1.54, 1.807) is 0 Å². The Morgan fingerprint density at radius 1 is 1.41 bits per heavy atom. The second-order valence-electron chi connectivity index (χ2n) is 4.15. The van der Waals surface area contributed by atoms with Crippen molar-refractivity contribution in [1.82, 2.24) is 10.2 Å². The van der Waals surface area contributed by atoms with E-state index in [2.05, 4.69) is 5.32 Å². The van der Waals surface area contributed by atoms with E-state index in [1.165, 1.54) is 18.7 Å². The summed E-state index contributed by atoms with van der Waals surface area (Å²) in [4.78, 5) is 34.8. The Morgan fingerprint density at radius 2 is 2.00 bits per heavy atom. The molecule has 17 heavy (non-hydrogen) atoms. The summed E-state index contributed by atoms with van der Waals surface area (Å²) in [5.74, 6) is -2.01. The molecule has 7 heteroatoms. The van der Waals surface area contributed by atoms with Crippen molar-refractivity contribution in [2.45, 2.75) is 38.5 Å². The van der Waals surface area contributed by atoms with Gasteiger partial charge >= 0.3 is 5.97 Å². The predicted octanol–water partition coefficient (Wildman–Crippen LogP) is -1.44. The van der Waals surface area contributed by atoms with Crippen molar-refractivity contribution in [2.24, 2.45) is 0 Å². The van der Waals surface area contributed by atoms with Gasteiger partial charge in [0.2, 0.25) is 11.8 Å². The van der Waals surface area contributed by atoms with Crippen LogP contribution in [0.2, 0.25) is 0 Å². The van der Waals surface area contributed by atoms with Gasteiger partial charge in [-0.3, -0.25) is 14.4 Å². The van der Waals surface area contributed by atoms with E-state index in [-0.39, 0.29) is 18.9 Å². The number of carbonyl (C=O) groups excluding carboxylic acids is 2. The smallest absolute Gasteiger partial charge is 0.325 e. The third-order valence-electron chi connectivity index (χ3n) is 2.72. The van der Waals surface area contributed by atoms with Crippen LogP contribution in [-0.2, 0) is 14.4 Å². The molecule has 3 unspecified atom stereocenters. The normalized spacial score (nSPS) is 25.5. The van der Waals surface area contributed by atoms with Crippen molar-refractivity contribution in [2.75, 3.05) is 6.54 Å². The number of amides is 2. The molecule has 3 atom stereocenters. The number of hydrogen-bond acceptors (Lipinski definition) is 4. The van der Waals surface area contributed by atoms with Crippen LogP contribution < -0.4 is 5.32 Å². The number of likely N-dealkylation sites (tertiary alicyclic amines) is 1. The highest BCUT2D eigenvalue weighted by molar-refractivity contribution is 5.90. The first-order chi connectivity index (χ1) is 7.82. The number of rotatable bonds is 3. The molecule has 1 fully saturated rings. The van der Waals surface area contributed by atoms with Gasteiger partial charge < -0.3 is 20.4 Å². The summed E-state index contributed by atoms with van der Waals surface area (Å²) in [6, 6.07) is -1.81. The number of β-amino-alcohol motifs (C(OH)–C–C–N with tert-alkyl or cyclic N) is 1. The topological polar surface area (TPSA) is 107 Å². The number of carbonyl (C=O) groups is 3. The van der Waals surface area contributed by atoms with Gasteiger partial charge in [0.25, 0.3) is 0 Å². The minimum absolute atomic E-state index is 0.106. The van der Waals surface area contributed by atoms with E-state index < -0.39 is 30.1 Å². The summed E-state index contributed by atoms with van der Waals surface area (Å²) < 4.78 is 0. The third-order valence-corrected chi connectivity index (χ3v) is 2.72. The fourth-order valence-electron chi connectivity index (χ4n) is 1.78. The van der Waals surface area contributed by atoms with Crippen LogP contribution in [0.4, 0.5) is 0 Å². The molecule has 0 saturated carbocycles. The van der Waals surface area contributed by atoms with Crippen molar-refractivity contribution >= 4 is 17.8 Å². The maximum Gasteiger partial charge on any atom is 0.325 e. The molecule has 2 amide bonds. The molecule has 96 valence electrons. The first kappa shape index (κ1) is 13.4. The van der Waals surface area contributed by atoms with Crippen LogP contribution in [0.5, 0.6) is 0 Å². The van der Waals surface area contributed by atoms with E-state index >= 15 is 0 Å². The van der Waals surface area contributed by atoms with E-state index in [0.29, 0.717) is 0 Å². The summed E-state index contributed by atoms with van der Waals surface area (Å²) in [5.41, 5.74) is 0. The number of aliphatic hydroxyl groups excluding tert-OH is 1. The van der Waals surface area contributed by atoms with E-state index in [4.69, 9.17) is 5.11 Å². The molecular formula is C10H16N2O5. The molecule has 1 aliphatic rings. The van der Waals surface area contributed by atoms with Crippen LogP contribution in [0.15, 0.2) is 0 Å². The number of carboxylic acid groups (broad SMARTS) is 1. The third kappa shape index (κ3) is 3.16. The first-order valence-electron chi connectivity index (χ1n) is 5.31. The van der Waals surface area contributed by atoms with Gasteiger partial charge in [0, 0.05) is 19.9 Å². The quantitative estimate of drug-likeness (QED) is 0.563. The SMILES string of the molecule is CC(=O)N1CC(O)CC1C(=O)NC(C)C(=O)O. The van der Waals surface area contributed by atoms with Crippen LogP contribution in [0.1, 0.15) is 20.3 Å². The summed E-state index contributed by atoms with van der Waals surface area (Å²) in [5, 5.41) is 20.4. The zero-order valence-corrected chi connectivity index (χ0v) is 9.71. The van der Waals surface area contributed by atoms with E-state index in [9.17, 15) is 19.5 Å². The molecule has 0 aromatic rings. The van der Waals surface area contributed by atoms with Gasteiger partial charge in [-0.1, -0.05) is 0 Å². The highest BCUT2D eigenvalue weighted by Gasteiger charge is 2.38. The fraction of sp³-hybridized carbons (Fsp3) is 0.700. The Morgan fingerprint density at radius 3 is 2.47 bits per heavy atom. The molecule has 7 nitrogen and oxygen atoms in total. The minimum Gasteiger partial charge on any atom is -0.480 e. The number of aliphatic hydroxyl groups is 1. The first-order valence-corrected chi connectivity index (χ1v) is 5.31. The standard InChI is InChI=1S/C10H16N2O5/c1-5(10(16)17)11-9(15)8-3-7(14)4-12(8)6(2)13/h5,7-8,14H,3-4H2,1-2H3,(H,11,15)(H,16,17). The molecule has 0 bridgehead atoms. The molecule has 1 aliphatic heterocycles. The molecule has 1 heterocycles. The fourth-order valence-corrected chi connectivity index (χ4v) is 1.78. The molecule has 0 radical (unpaired) electrons. The molecule has 0 aromatic carbocycles. The molecule has 0 aromatic heterocycles. The maximum atomic E-state index is 11.7. The van der Waals surface area contributed by atoms with Gasteiger partial charge in [-0.05, 0) is 6.92 Å². The second-order valence-corrected chi connectivity index (χ2v) is 4.15. The van der Waals surface area contributed by atoms with Crippen molar-refractivity contribution in [3.05, 3.63) is 0 Å². The lowest BCUT2D eigenvalue weighted by molar-refractivity contribution is -0.143. The number of carboxylic acids is 1. The summed E-state index contributed by atoms with van der Waals surface area (Å²) >= 11 is 0. The molecule has 1 saturated heterocycles. The average Bonchev–Trinajstić information content (AvgIpc) is 2.60. The molecule has 0 aliphatic carbocycles. The molecule has 1 rings (SSSR count). The van der Waals surface area contributed by atoms with E-state index in [1.807, 2.05) is 0 Å². The van der Waals surface area contributed by atoms with E-state index in [0.717, 1.165) is 0 Å². The Hall–Kier alpha value is -1.63. The Bertz CT molecular complexity index is 344. The lowest BCUT2D eigenvalue weighted by atomic mass is 10.1. The van der Waals surface area contributed by atoms with Crippen molar-refractivity contribution in [3.63, 3.8) is 0 Å². The maximum absolute atomic E-state index is 11.7. The van der Waals surface area contributed by atoms with Crippen molar-refractivity contribution in [1.29, 1.82) is 0 Å². The Labute approximate surface area is 98.4 Å². The van der Waals surface area contributed by atoms with Gasteiger partial charge in [-0.25, -0.2) is 0 Å². The summed E-state index contributed by atoms with van der Waals surface area (Å²) in [7, 11) is 0. The number of nitrogens with one attached hydrogen (secondary N) is 1. The van der Waals surface area contributed by atoms with Crippen molar-refractivity contribution < 1.29 is 24.6 Å². The Balaban J connectivity index is 2.67. The molecular weight excluding hydrogens is 228 g/mol. The van der Waals surface area contributed by atoms with Crippen LogP contribution in [-0.4, -0.2) is 57.6 Å². The van der Waals surface area contributed by atoms with Gasteiger partial charge in [0.05, 0.1) is 6.10 Å². The Kier molecular flexibility index (Phi) is 4.06. The highest BCUT2D eigenvalue weighted by Crippen LogP contribution is 2.18. The zero-order valence-electron chi connectivity index (χ0n) is 9.71. The van der Waals surface area contributed by atoms with Gasteiger partial charge in [-0.2, -0.15) is 0 Å². The van der Waals surface area contributed by atoms with Gasteiger partial charge in [-0.15, -0.1) is 0 Å². The summed E-state index contributed by atoms with van der Waals surface area (Å²) in [6.07, 6.45) is -0.604. The summed E-state index contributed by atoms with van der Waals surface area (Å²) in [6.45, 7) is 2.75. The van der Waals surface area contributed by atoms with Crippen LogP contribution >= 0.6 is 0 Å². The highest BCUT2D eigenvalue weighted by atomic mass is 16.4. The molecule has 0 spiro atoms. The number of nitrogens with zero attached hydrogens (tertiary/aromatic N) is 1. The monoisotopic (exact) mass is 244 g/mol.